The molecule has 0 aliphatic carbocycles. The Kier molecular flexibility index (Phi) is 31.4. The molecular weight excluding hydrogens is 608 g/mol. The van der Waals surface area contributed by atoms with Gasteiger partial charge in [-0.2, -0.15) is 0 Å². The van der Waals surface area contributed by atoms with Crippen LogP contribution in [0.2, 0.25) is 0 Å². The van der Waals surface area contributed by atoms with E-state index in [1.165, 1.54) is 19.3 Å². The Morgan fingerprint density at radius 3 is 1.76 bits per heavy atom. The first-order chi connectivity index (χ1) is 21.5. The number of rotatable bonds is 23. The first-order valence-corrected chi connectivity index (χ1v) is 16.2. The molecule has 46 heavy (non-hydrogen) atoms. The fraction of sp³-hybridized carbons (Fsp3) is 0.933. The maximum absolute atomic E-state index is 12.6. The van der Waals surface area contributed by atoms with Crippen LogP contribution in [0.25, 0.3) is 0 Å². The third kappa shape index (κ3) is 25.5. The highest BCUT2D eigenvalue weighted by Crippen LogP contribution is 2.16. The molecule has 12 N–H and O–H groups in total. The van der Waals surface area contributed by atoms with Crippen LogP contribution in [0.5, 0.6) is 0 Å². The Hall–Kier alpha value is -1.54. The molecule has 0 saturated heterocycles. The smallest absolute Gasteiger partial charge is 0.252 e. The van der Waals surface area contributed by atoms with Crippen molar-refractivity contribution in [3.8, 4) is 0 Å². The highest BCUT2D eigenvalue weighted by atomic mass is 16.8. The van der Waals surface area contributed by atoms with Crippen LogP contribution < -0.4 is 16.6 Å². The van der Waals surface area contributed by atoms with E-state index in [9.17, 15) is 45.3 Å². The van der Waals surface area contributed by atoms with Gasteiger partial charge in [0.25, 0.3) is 11.8 Å². The van der Waals surface area contributed by atoms with Gasteiger partial charge in [0.05, 0.1) is 6.61 Å². The van der Waals surface area contributed by atoms with Crippen LogP contribution in [0.15, 0.2) is 0 Å². The second kappa shape index (κ2) is 29.6. The number of hydrazine groups is 2. The zero-order valence-corrected chi connectivity index (χ0v) is 29.0. The molecule has 0 aromatic carbocycles. The number of nitrogens with two attached hydrogens (primary N) is 1. The lowest BCUT2D eigenvalue weighted by atomic mass is 10.00. The van der Waals surface area contributed by atoms with E-state index in [0.717, 1.165) is 44.1 Å². The fourth-order valence-corrected chi connectivity index (χ4v) is 3.71. The van der Waals surface area contributed by atoms with E-state index in [1.54, 1.807) is 20.8 Å². The van der Waals surface area contributed by atoms with Gasteiger partial charge in [0.1, 0.15) is 18.3 Å². The SMILES string of the molecule is CCCCC.CCCCCCCCC(=O)N(N)NCC(C)(C)NC(=O)C(O)C(O)C(OC(OC(C)O)C(O)O)C(O)CO.CCO. The number of carbonyl (C=O) groups is 2. The number of aliphatic hydroxyl groups excluding tert-OH is 7. The van der Waals surface area contributed by atoms with Crippen LogP contribution in [-0.4, -0.2) is 126 Å². The average molecular weight is 675 g/mol. The number of ether oxygens (including phenoxy) is 2. The van der Waals surface area contributed by atoms with E-state index in [1.807, 2.05) is 0 Å². The Morgan fingerprint density at radius 1 is 0.826 bits per heavy atom. The number of nitrogens with zero attached hydrogens (tertiary/aromatic N) is 1. The molecule has 16 heteroatoms. The minimum Gasteiger partial charge on any atom is -0.397 e. The summed E-state index contributed by atoms with van der Waals surface area (Å²) in [6, 6.07) is 0. The van der Waals surface area contributed by atoms with Crippen molar-refractivity contribution >= 4 is 11.8 Å². The number of amides is 2. The minimum atomic E-state index is -2.34. The molecule has 0 radical (unpaired) electrons. The van der Waals surface area contributed by atoms with Gasteiger partial charge in [0.2, 0.25) is 12.6 Å². The van der Waals surface area contributed by atoms with E-state index in [4.69, 9.17) is 20.4 Å². The largest absolute Gasteiger partial charge is 0.397 e. The van der Waals surface area contributed by atoms with E-state index < -0.39 is 61.3 Å². The minimum absolute atomic E-state index is 0.0412. The Morgan fingerprint density at radius 2 is 1.33 bits per heavy atom. The van der Waals surface area contributed by atoms with Gasteiger partial charge in [0, 0.05) is 25.1 Å². The van der Waals surface area contributed by atoms with E-state index in [0.29, 0.717) is 6.42 Å². The highest BCUT2D eigenvalue weighted by molar-refractivity contribution is 5.82. The fourth-order valence-electron chi connectivity index (χ4n) is 3.71. The van der Waals surface area contributed by atoms with Crippen molar-refractivity contribution in [2.24, 2.45) is 5.84 Å². The number of hydrogen-bond acceptors (Lipinski definition) is 14. The number of carbonyl (C=O) groups excluding carboxylic acids is 2. The number of aliphatic hydroxyl groups is 8. The van der Waals surface area contributed by atoms with E-state index in [-0.39, 0.29) is 25.5 Å². The maximum atomic E-state index is 12.6. The first-order valence-electron chi connectivity index (χ1n) is 16.2. The highest BCUT2D eigenvalue weighted by Gasteiger charge is 2.40. The summed E-state index contributed by atoms with van der Waals surface area (Å²) >= 11 is 0. The van der Waals surface area contributed by atoms with Gasteiger partial charge in [0.15, 0.2) is 12.4 Å². The van der Waals surface area contributed by atoms with Crippen LogP contribution in [-0.2, 0) is 19.1 Å². The second-order valence-corrected chi connectivity index (χ2v) is 11.5. The molecule has 0 aromatic heterocycles. The lowest BCUT2D eigenvalue weighted by Crippen LogP contribution is -2.61. The van der Waals surface area contributed by atoms with Gasteiger partial charge >= 0.3 is 0 Å². The van der Waals surface area contributed by atoms with Gasteiger partial charge in [-0.15, -0.1) is 0 Å². The quantitative estimate of drug-likeness (QED) is 0.0214. The van der Waals surface area contributed by atoms with Crippen LogP contribution in [0.1, 0.15) is 113 Å². The summed E-state index contributed by atoms with van der Waals surface area (Å²) in [6.07, 6.45) is -3.71. The van der Waals surface area contributed by atoms with Crippen LogP contribution in [0.4, 0.5) is 0 Å². The summed E-state index contributed by atoms with van der Waals surface area (Å²) in [4.78, 5) is 24.8. The zero-order chi connectivity index (χ0) is 36.3. The van der Waals surface area contributed by atoms with Gasteiger partial charge in [-0.25, -0.2) is 16.4 Å². The lowest BCUT2D eigenvalue weighted by molar-refractivity contribution is -0.324. The van der Waals surface area contributed by atoms with Crippen molar-refractivity contribution < 1.29 is 59.9 Å². The molecule has 0 rings (SSSR count). The molecular formula is C30H66N4O12. The third-order valence-corrected chi connectivity index (χ3v) is 6.23. The van der Waals surface area contributed by atoms with Crippen LogP contribution in [0.3, 0.4) is 0 Å². The average Bonchev–Trinajstić information content (AvgIpc) is 2.99. The molecule has 0 spiro atoms. The van der Waals surface area contributed by atoms with Crippen molar-refractivity contribution in [1.82, 2.24) is 15.9 Å². The molecule has 0 aromatic rings. The first kappa shape index (κ1) is 48.9. The molecule has 0 heterocycles. The van der Waals surface area contributed by atoms with Crippen molar-refractivity contribution in [1.29, 1.82) is 0 Å². The standard InChI is InChI=1S/C23H48N4O11.C5H12.C2H6O/c1-5-6-7-8-9-10-11-16(31)27(24)25-13-23(3,4)26-20(34)18(33)17(32)19(15(30)12-28)38-22(21(35)36)37-14(2)29;1-3-5-4-2;1-2-3/h14-15,17-19,21-22,25,28-30,32-33,35-36H,5-13,24H2,1-4H3,(H,26,34);3-5H2,1-2H3;3H,2H2,1H3. The molecule has 278 valence electrons. The van der Waals surface area contributed by atoms with Gasteiger partial charge < -0.3 is 55.6 Å². The lowest BCUT2D eigenvalue weighted by Gasteiger charge is -2.35. The predicted molar refractivity (Wildman–Crippen MR) is 172 cm³/mol. The zero-order valence-electron chi connectivity index (χ0n) is 29.0. The number of nitrogens with one attached hydrogen (secondary N) is 2. The van der Waals surface area contributed by atoms with E-state index >= 15 is 0 Å². The molecule has 2 amide bonds. The Bertz CT molecular complexity index is 732. The van der Waals surface area contributed by atoms with Crippen molar-refractivity contribution in [3.05, 3.63) is 0 Å². The Labute approximate surface area is 274 Å². The third-order valence-electron chi connectivity index (χ3n) is 6.23. The summed E-state index contributed by atoms with van der Waals surface area (Å²) < 4.78 is 9.77. The Balaban J connectivity index is -0.00000205. The number of unbranched alkanes of at least 4 members (excludes halogenated alkanes) is 7. The van der Waals surface area contributed by atoms with Crippen LogP contribution >= 0.6 is 0 Å². The maximum Gasteiger partial charge on any atom is 0.252 e. The molecule has 6 unspecified atom stereocenters. The summed E-state index contributed by atoms with van der Waals surface area (Å²) in [5.41, 5.74) is 1.58. The molecule has 16 nitrogen and oxygen atoms in total. The van der Waals surface area contributed by atoms with Gasteiger partial charge in [-0.1, -0.05) is 72.1 Å². The molecule has 0 aliphatic rings. The van der Waals surface area contributed by atoms with Gasteiger partial charge in [-0.05, 0) is 34.1 Å². The summed E-state index contributed by atoms with van der Waals surface area (Å²) in [5, 5.41) is 79.0. The summed E-state index contributed by atoms with van der Waals surface area (Å²) in [6.45, 7) is 11.7. The van der Waals surface area contributed by atoms with E-state index in [2.05, 4.69) is 31.5 Å². The number of hydrogen-bond donors (Lipinski definition) is 11. The van der Waals surface area contributed by atoms with Gasteiger partial charge in [-0.3, -0.25) is 9.59 Å². The topological polar surface area (TPSA) is 268 Å². The van der Waals surface area contributed by atoms with Crippen LogP contribution in [0, 0.1) is 0 Å². The molecule has 0 aliphatic heterocycles. The molecule has 0 bridgehead atoms. The van der Waals surface area contributed by atoms with Crippen molar-refractivity contribution in [2.45, 2.75) is 161 Å². The second-order valence-electron chi connectivity index (χ2n) is 11.5. The normalized spacial score (nSPS) is 15.3. The molecule has 6 atom stereocenters. The summed E-state index contributed by atoms with van der Waals surface area (Å²) in [7, 11) is 0. The monoisotopic (exact) mass is 674 g/mol. The molecule has 0 saturated carbocycles. The summed E-state index contributed by atoms with van der Waals surface area (Å²) in [5.74, 6) is 4.31. The molecule has 0 fully saturated rings. The van der Waals surface area contributed by atoms with Crippen molar-refractivity contribution in [3.63, 3.8) is 0 Å². The van der Waals surface area contributed by atoms with Crippen molar-refractivity contribution in [2.75, 3.05) is 19.8 Å². The predicted octanol–water partition coefficient (Wildman–Crippen LogP) is -0.514.